The van der Waals surface area contributed by atoms with Gasteiger partial charge in [-0.15, -0.1) is 0 Å². The van der Waals surface area contributed by atoms with Crippen LogP contribution in [0.4, 0.5) is 0 Å². The monoisotopic (exact) mass is 325 g/mol. The van der Waals surface area contributed by atoms with E-state index in [9.17, 15) is 4.79 Å². The summed E-state index contributed by atoms with van der Waals surface area (Å²) in [5.74, 6) is 0.360. The van der Waals surface area contributed by atoms with Crippen molar-refractivity contribution < 1.29 is 4.79 Å². The van der Waals surface area contributed by atoms with Gasteiger partial charge in [-0.2, -0.15) is 0 Å². The Bertz CT molecular complexity index is 233. The van der Waals surface area contributed by atoms with E-state index in [2.05, 4.69) is 20.5 Å². The van der Waals surface area contributed by atoms with Crippen molar-refractivity contribution in [3.63, 3.8) is 0 Å². The van der Waals surface area contributed by atoms with Gasteiger partial charge < -0.3 is 0 Å². The van der Waals surface area contributed by atoms with Crippen LogP contribution in [0.15, 0.2) is 0 Å². The molecule has 2 fully saturated rings. The van der Waals surface area contributed by atoms with Crippen molar-refractivity contribution in [3.05, 3.63) is 0 Å². The van der Waals surface area contributed by atoms with Crippen LogP contribution in [0.25, 0.3) is 0 Å². The average Bonchev–Trinajstić information content (AvgIpc) is 2.19. The van der Waals surface area contributed by atoms with Crippen molar-refractivity contribution in [1.29, 1.82) is 0 Å². The molecule has 0 unspecified atom stereocenters. The Morgan fingerprint density at radius 1 is 1.29 bits per heavy atom. The Balaban J connectivity index is 2.05. The van der Waals surface area contributed by atoms with Gasteiger partial charge in [-0.25, -0.2) is 0 Å². The van der Waals surface area contributed by atoms with Crippen molar-refractivity contribution in [3.8, 4) is 0 Å². The van der Waals surface area contributed by atoms with E-state index in [1.807, 2.05) is 0 Å². The molecule has 1 aliphatic carbocycles. The SMILES string of the molecule is O=C1CC[Se]C(=[Se])N1C1CCCCC1. The molecule has 2 nitrogen and oxygen atoms in total. The summed E-state index contributed by atoms with van der Waals surface area (Å²) in [6.07, 6.45) is 7.16. The fourth-order valence-corrected chi connectivity index (χ4v) is 5.41. The molecule has 4 heteroatoms. The van der Waals surface area contributed by atoms with E-state index >= 15 is 0 Å². The minimum atomic E-state index is 0.360. The van der Waals surface area contributed by atoms with E-state index < -0.39 is 0 Å². The van der Waals surface area contributed by atoms with Gasteiger partial charge >= 0.3 is 99.5 Å². The molecule has 0 radical (unpaired) electrons. The van der Waals surface area contributed by atoms with E-state index in [1.165, 1.54) is 35.5 Å². The number of rotatable bonds is 1. The molecule has 14 heavy (non-hydrogen) atoms. The van der Waals surface area contributed by atoms with Gasteiger partial charge in [0.1, 0.15) is 0 Å². The zero-order chi connectivity index (χ0) is 9.97. The topological polar surface area (TPSA) is 20.3 Å². The Kier molecular flexibility index (Phi) is 3.84. The first-order chi connectivity index (χ1) is 6.79. The van der Waals surface area contributed by atoms with Gasteiger partial charge in [-0.1, -0.05) is 0 Å². The zero-order valence-electron chi connectivity index (χ0n) is 8.20. The molecule has 1 saturated heterocycles. The summed E-state index contributed by atoms with van der Waals surface area (Å²) in [7, 11) is 0. The minimum absolute atomic E-state index is 0.360. The second-order valence-electron chi connectivity index (χ2n) is 3.92. The van der Waals surface area contributed by atoms with Gasteiger partial charge in [0.15, 0.2) is 0 Å². The first-order valence-corrected chi connectivity index (χ1v) is 8.20. The van der Waals surface area contributed by atoms with E-state index in [0.29, 0.717) is 26.9 Å². The average molecular weight is 323 g/mol. The van der Waals surface area contributed by atoms with Crippen molar-refractivity contribution >= 4 is 39.9 Å². The van der Waals surface area contributed by atoms with Crippen LogP contribution in [0.1, 0.15) is 38.5 Å². The molecule has 78 valence electrons. The van der Waals surface area contributed by atoms with Crippen LogP contribution in [0, 0.1) is 0 Å². The predicted molar refractivity (Wildman–Crippen MR) is 59.7 cm³/mol. The molecule has 0 aromatic rings. The van der Waals surface area contributed by atoms with Crippen LogP contribution < -0.4 is 0 Å². The molecule has 0 aromatic carbocycles. The summed E-state index contributed by atoms with van der Waals surface area (Å²) < 4.78 is 1.25. The van der Waals surface area contributed by atoms with Gasteiger partial charge in [0.2, 0.25) is 0 Å². The molecule has 1 saturated carbocycles. The second kappa shape index (κ2) is 4.94. The third-order valence-electron chi connectivity index (χ3n) is 2.95. The Labute approximate surface area is 99.3 Å². The summed E-state index contributed by atoms with van der Waals surface area (Å²) >= 11 is 3.64. The molecule has 0 spiro atoms. The van der Waals surface area contributed by atoms with Crippen molar-refractivity contribution in [2.24, 2.45) is 0 Å². The molecule has 0 atom stereocenters. The van der Waals surface area contributed by atoms with Gasteiger partial charge in [0.25, 0.3) is 0 Å². The standard InChI is InChI=1S/C10H15NOSe2/c12-9-6-7-14-10(13)11(9)8-4-2-1-3-5-8/h8H,1-7H2. The summed E-state index contributed by atoms with van der Waals surface area (Å²) in [6.45, 7) is 0. The van der Waals surface area contributed by atoms with Crippen molar-refractivity contribution in [2.45, 2.75) is 49.9 Å². The molecule has 0 N–H and O–H groups in total. The molecule has 1 amide bonds. The summed E-state index contributed by atoms with van der Waals surface area (Å²) in [5, 5.41) is 1.09. The molecule has 1 aliphatic heterocycles. The first-order valence-electron chi connectivity index (χ1n) is 5.28. The molecule has 2 aliphatic rings. The number of carbonyl (C=O) groups excluding carboxylic acids is 1. The third kappa shape index (κ3) is 2.30. The van der Waals surface area contributed by atoms with Crippen LogP contribution in [-0.2, 0) is 4.79 Å². The summed E-state index contributed by atoms with van der Waals surface area (Å²) in [6, 6.07) is 0.523. The Morgan fingerprint density at radius 3 is 2.64 bits per heavy atom. The quantitative estimate of drug-likeness (QED) is 0.658. The Morgan fingerprint density at radius 2 is 2.00 bits per heavy atom. The molecule has 1 heterocycles. The van der Waals surface area contributed by atoms with Crippen LogP contribution in [0.3, 0.4) is 0 Å². The number of nitrogens with zero attached hydrogens (tertiary/aromatic N) is 1. The number of hydrogen-bond donors (Lipinski definition) is 0. The van der Waals surface area contributed by atoms with Crippen molar-refractivity contribution in [1.82, 2.24) is 4.90 Å². The zero-order valence-corrected chi connectivity index (χ0v) is 11.6. The molecule has 2 rings (SSSR count). The third-order valence-corrected chi connectivity index (χ3v) is 6.43. The number of amides is 1. The molecule has 0 aromatic heterocycles. The molecular weight excluding hydrogens is 308 g/mol. The van der Waals surface area contributed by atoms with Crippen molar-refractivity contribution in [2.75, 3.05) is 0 Å². The van der Waals surface area contributed by atoms with E-state index in [4.69, 9.17) is 0 Å². The molecule has 0 bridgehead atoms. The van der Waals surface area contributed by atoms with Crippen LogP contribution >= 0.6 is 0 Å². The fourth-order valence-electron chi connectivity index (χ4n) is 2.21. The fraction of sp³-hybridized carbons (Fsp3) is 0.800. The number of hydrogen-bond acceptors (Lipinski definition) is 1. The normalized spacial score (nSPS) is 25.6. The van der Waals surface area contributed by atoms with Crippen LogP contribution in [0.5, 0.6) is 0 Å². The van der Waals surface area contributed by atoms with Crippen LogP contribution in [-0.4, -0.2) is 50.8 Å². The summed E-state index contributed by atoms with van der Waals surface area (Å²) in [4.78, 5) is 13.9. The predicted octanol–water partition coefficient (Wildman–Crippen LogP) is 0.930. The summed E-state index contributed by atoms with van der Waals surface area (Å²) in [5.41, 5.74) is 0. The van der Waals surface area contributed by atoms with Gasteiger partial charge in [0.05, 0.1) is 0 Å². The first kappa shape index (κ1) is 10.9. The van der Waals surface area contributed by atoms with E-state index in [-0.39, 0.29) is 0 Å². The van der Waals surface area contributed by atoms with Gasteiger partial charge in [0, 0.05) is 0 Å². The van der Waals surface area contributed by atoms with E-state index in [0.717, 1.165) is 11.7 Å². The van der Waals surface area contributed by atoms with Gasteiger partial charge in [-0.05, 0) is 0 Å². The Hall–Kier alpha value is 0.379. The van der Waals surface area contributed by atoms with Crippen LogP contribution in [0.2, 0.25) is 5.32 Å². The maximum atomic E-state index is 11.8. The molecular formula is C10H15NOSe2. The van der Waals surface area contributed by atoms with E-state index in [1.54, 1.807) is 0 Å². The van der Waals surface area contributed by atoms with Gasteiger partial charge in [-0.3, -0.25) is 0 Å². The maximum absolute atomic E-state index is 11.8. The second-order valence-corrected chi connectivity index (χ2v) is 8.31. The number of carbonyl (C=O) groups is 1.